The molecule has 5 nitrogen and oxygen atoms in total. The fourth-order valence-corrected chi connectivity index (χ4v) is 3.02. The van der Waals surface area contributed by atoms with E-state index in [1.807, 2.05) is 23.6 Å². The maximum Gasteiger partial charge on any atom is 0.183 e. The van der Waals surface area contributed by atoms with Gasteiger partial charge in [0.1, 0.15) is 11.8 Å². The lowest BCUT2D eigenvalue weighted by Gasteiger charge is -2.12. The highest BCUT2D eigenvalue weighted by atomic mass is 15.2. The Labute approximate surface area is 127 Å². The lowest BCUT2D eigenvalue weighted by atomic mass is 9.96. The molecular weight excluding hydrogens is 274 g/mol. The van der Waals surface area contributed by atoms with Gasteiger partial charge in [-0.25, -0.2) is 9.97 Å². The second-order valence-electron chi connectivity index (χ2n) is 5.52. The van der Waals surface area contributed by atoms with Gasteiger partial charge in [-0.05, 0) is 43.5 Å². The van der Waals surface area contributed by atoms with Crippen molar-refractivity contribution >= 4 is 16.8 Å². The van der Waals surface area contributed by atoms with Crippen molar-refractivity contribution in [2.75, 3.05) is 0 Å². The Morgan fingerprint density at radius 2 is 1.73 bits per heavy atom. The number of hydrogen-bond donors (Lipinski definition) is 0. The molecule has 4 rings (SSSR count). The summed E-state index contributed by atoms with van der Waals surface area (Å²) in [6.45, 7) is 6.20. The molecule has 3 heterocycles. The predicted molar refractivity (Wildman–Crippen MR) is 85.7 cm³/mol. The molecule has 0 saturated heterocycles. The van der Waals surface area contributed by atoms with Gasteiger partial charge in [0.25, 0.3) is 0 Å². The van der Waals surface area contributed by atoms with Gasteiger partial charge in [0.05, 0.1) is 5.69 Å². The van der Waals surface area contributed by atoms with Crippen molar-refractivity contribution in [3.05, 3.63) is 53.6 Å². The highest BCUT2D eigenvalue weighted by Crippen LogP contribution is 2.31. The molecule has 0 unspecified atom stereocenters. The van der Waals surface area contributed by atoms with E-state index in [4.69, 9.17) is 4.98 Å². The molecule has 0 aliphatic carbocycles. The Morgan fingerprint density at radius 3 is 2.50 bits per heavy atom. The number of aromatic nitrogens is 5. The van der Waals surface area contributed by atoms with Crippen LogP contribution in [0.25, 0.3) is 27.9 Å². The Hall–Kier alpha value is -2.82. The Balaban J connectivity index is 2.18. The zero-order valence-electron chi connectivity index (χ0n) is 12.7. The summed E-state index contributed by atoms with van der Waals surface area (Å²) in [7, 11) is 0. The number of benzene rings is 1. The lowest BCUT2D eigenvalue weighted by molar-refractivity contribution is 1.10. The van der Waals surface area contributed by atoms with Crippen molar-refractivity contribution in [2.24, 2.45) is 0 Å². The Morgan fingerprint density at radius 1 is 0.955 bits per heavy atom. The van der Waals surface area contributed by atoms with Gasteiger partial charge in [-0.1, -0.05) is 18.2 Å². The summed E-state index contributed by atoms with van der Waals surface area (Å²) in [6, 6.07) is 8.35. The molecular formula is C17H15N5. The first-order valence-electron chi connectivity index (χ1n) is 7.18. The minimum atomic E-state index is 0.749. The summed E-state index contributed by atoms with van der Waals surface area (Å²) in [6.07, 6.45) is 3.51. The summed E-state index contributed by atoms with van der Waals surface area (Å²) < 4.78 is 1.90. The number of aryl methyl sites for hydroxylation is 3. The third kappa shape index (κ3) is 1.72. The van der Waals surface area contributed by atoms with Crippen LogP contribution in [0.1, 0.15) is 16.8 Å². The van der Waals surface area contributed by atoms with Gasteiger partial charge in [-0.15, -0.1) is 10.2 Å². The fourth-order valence-electron chi connectivity index (χ4n) is 3.02. The van der Waals surface area contributed by atoms with Crippen molar-refractivity contribution in [1.82, 2.24) is 24.6 Å². The molecule has 0 fully saturated rings. The average molecular weight is 289 g/mol. The molecule has 0 N–H and O–H groups in total. The third-order valence-electron chi connectivity index (χ3n) is 4.03. The average Bonchev–Trinajstić information content (AvgIpc) is 2.98. The zero-order chi connectivity index (χ0) is 15.3. The van der Waals surface area contributed by atoms with E-state index in [-0.39, 0.29) is 0 Å². The van der Waals surface area contributed by atoms with E-state index in [1.165, 1.54) is 16.7 Å². The third-order valence-corrected chi connectivity index (χ3v) is 4.03. The van der Waals surface area contributed by atoms with Crippen LogP contribution in [0.5, 0.6) is 0 Å². The summed E-state index contributed by atoms with van der Waals surface area (Å²) >= 11 is 0. The quantitative estimate of drug-likeness (QED) is 0.539. The summed E-state index contributed by atoms with van der Waals surface area (Å²) in [5.41, 5.74) is 8.04. The van der Waals surface area contributed by atoms with Crippen molar-refractivity contribution in [3.63, 3.8) is 0 Å². The molecule has 5 heteroatoms. The normalized spacial score (nSPS) is 11.4. The maximum absolute atomic E-state index is 4.75. The predicted octanol–water partition coefficient (Wildman–Crippen LogP) is 3.26. The van der Waals surface area contributed by atoms with Crippen LogP contribution in [0.4, 0.5) is 0 Å². The summed E-state index contributed by atoms with van der Waals surface area (Å²) in [4.78, 5) is 9.24. The van der Waals surface area contributed by atoms with Crippen LogP contribution in [0.3, 0.4) is 0 Å². The molecule has 0 atom stereocenters. The number of fused-ring (bicyclic) bond motifs is 3. The Bertz CT molecular complexity index is 996. The van der Waals surface area contributed by atoms with E-state index in [0.29, 0.717) is 0 Å². The van der Waals surface area contributed by atoms with E-state index < -0.39 is 0 Å². The van der Waals surface area contributed by atoms with E-state index >= 15 is 0 Å². The van der Waals surface area contributed by atoms with Gasteiger partial charge in [0.2, 0.25) is 0 Å². The molecule has 108 valence electrons. The molecule has 0 radical (unpaired) electrons. The fraction of sp³-hybridized carbons (Fsp3) is 0.176. The highest BCUT2D eigenvalue weighted by Gasteiger charge is 2.14. The minimum absolute atomic E-state index is 0.749. The SMILES string of the molecule is Cc1cccc(C)c1-c1ccnc2c1nc(C)c1nncn12. The van der Waals surface area contributed by atoms with Crippen LogP contribution in [-0.4, -0.2) is 24.6 Å². The Kier molecular flexibility index (Phi) is 2.69. The van der Waals surface area contributed by atoms with Crippen LogP contribution < -0.4 is 0 Å². The maximum atomic E-state index is 4.75. The molecule has 0 aliphatic rings. The van der Waals surface area contributed by atoms with E-state index in [0.717, 1.165) is 28.1 Å². The van der Waals surface area contributed by atoms with Crippen molar-refractivity contribution in [2.45, 2.75) is 20.8 Å². The highest BCUT2D eigenvalue weighted by molar-refractivity contribution is 5.92. The summed E-state index contributed by atoms with van der Waals surface area (Å²) in [5, 5.41) is 8.10. The first kappa shape index (κ1) is 12.9. The van der Waals surface area contributed by atoms with Crippen LogP contribution in [0, 0.1) is 20.8 Å². The molecule has 1 aromatic carbocycles. The summed E-state index contributed by atoms with van der Waals surface area (Å²) in [5.74, 6) is 0. The van der Waals surface area contributed by atoms with Crippen molar-refractivity contribution < 1.29 is 0 Å². The second kappa shape index (κ2) is 4.59. The van der Waals surface area contributed by atoms with Crippen LogP contribution in [0.15, 0.2) is 36.8 Å². The van der Waals surface area contributed by atoms with Crippen LogP contribution in [-0.2, 0) is 0 Å². The number of hydrogen-bond acceptors (Lipinski definition) is 4. The first-order chi connectivity index (χ1) is 10.7. The van der Waals surface area contributed by atoms with E-state index in [1.54, 1.807) is 6.33 Å². The number of nitrogens with zero attached hydrogens (tertiary/aromatic N) is 5. The van der Waals surface area contributed by atoms with Gasteiger partial charge in [-0.2, -0.15) is 0 Å². The zero-order valence-corrected chi connectivity index (χ0v) is 12.7. The molecule has 3 aromatic heterocycles. The van der Waals surface area contributed by atoms with Crippen molar-refractivity contribution in [3.8, 4) is 11.1 Å². The standard InChI is InChI=1S/C17H15N5/c1-10-5-4-6-11(2)14(10)13-7-8-18-17-15(13)20-12(3)16-21-19-9-22(16)17/h4-9H,1-3H3. The monoisotopic (exact) mass is 289 g/mol. The molecule has 4 aromatic rings. The van der Waals surface area contributed by atoms with Gasteiger partial charge >= 0.3 is 0 Å². The first-order valence-corrected chi connectivity index (χ1v) is 7.18. The molecule has 0 amide bonds. The van der Waals surface area contributed by atoms with Gasteiger partial charge in [0.15, 0.2) is 11.3 Å². The smallest absolute Gasteiger partial charge is 0.183 e. The van der Waals surface area contributed by atoms with Crippen LogP contribution >= 0.6 is 0 Å². The topological polar surface area (TPSA) is 56.0 Å². The van der Waals surface area contributed by atoms with Gasteiger partial charge in [-0.3, -0.25) is 4.40 Å². The largest absolute Gasteiger partial charge is 0.262 e. The minimum Gasteiger partial charge on any atom is -0.262 e. The second-order valence-corrected chi connectivity index (χ2v) is 5.52. The number of pyridine rings is 1. The van der Waals surface area contributed by atoms with Gasteiger partial charge in [0, 0.05) is 11.8 Å². The molecule has 0 aliphatic heterocycles. The van der Waals surface area contributed by atoms with Crippen LogP contribution in [0.2, 0.25) is 0 Å². The number of rotatable bonds is 1. The van der Waals surface area contributed by atoms with E-state index in [2.05, 4.69) is 47.2 Å². The van der Waals surface area contributed by atoms with Crippen molar-refractivity contribution in [1.29, 1.82) is 0 Å². The van der Waals surface area contributed by atoms with Gasteiger partial charge < -0.3 is 0 Å². The lowest BCUT2D eigenvalue weighted by Crippen LogP contribution is -1.99. The molecule has 0 bridgehead atoms. The molecule has 0 saturated carbocycles. The molecule has 0 spiro atoms. The van der Waals surface area contributed by atoms with E-state index in [9.17, 15) is 0 Å². The molecule has 22 heavy (non-hydrogen) atoms.